The van der Waals surface area contributed by atoms with Crippen molar-refractivity contribution in [3.63, 3.8) is 0 Å². The zero-order valence-electron chi connectivity index (χ0n) is 12.7. The average Bonchev–Trinajstić information content (AvgIpc) is 2.89. The van der Waals surface area contributed by atoms with Crippen LogP contribution in [0, 0.1) is 0 Å². The lowest BCUT2D eigenvalue weighted by Gasteiger charge is -2.38. The zero-order chi connectivity index (χ0) is 15.6. The maximum atomic E-state index is 12.0. The van der Waals surface area contributed by atoms with Crippen LogP contribution in [-0.2, 0) is 4.79 Å². The van der Waals surface area contributed by atoms with Crippen molar-refractivity contribution in [1.82, 2.24) is 15.3 Å². The second kappa shape index (κ2) is 4.48. The summed E-state index contributed by atoms with van der Waals surface area (Å²) in [5.74, 6) is 1.45. The van der Waals surface area contributed by atoms with Crippen LogP contribution in [0.2, 0.25) is 0 Å². The Bertz CT molecular complexity index is 852. The van der Waals surface area contributed by atoms with Crippen LogP contribution >= 0.6 is 0 Å². The molecule has 1 aromatic carbocycles. The molecule has 1 fully saturated rings. The molecule has 1 amide bonds. The summed E-state index contributed by atoms with van der Waals surface area (Å²) < 4.78 is 8.15. The fourth-order valence-corrected chi connectivity index (χ4v) is 3.46. The van der Waals surface area contributed by atoms with E-state index < -0.39 is 0 Å². The topological polar surface area (TPSA) is 70.9 Å². The van der Waals surface area contributed by atoms with Gasteiger partial charge in [-0.2, -0.15) is 5.10 Å². The van der Waals surface area contributed by atoms with E-state index in [1.54, 1.807) is 0 Å². The smallest absolute Gasteiger partial charge is 0.262 e. The standard InChI is InChI=1S/C16H17N5O2/c1-9-16(22)19-18-15-8-23-14-4-10-2-3-20(11-6-17-7-11)12(10)5-13(14)21(9)15/h2-5,9,11,17H,6-8H2,1H3,(H,19,22). The Balaban J connectivity index is 1.69. The predicted octanol–water partition coefficient (Wildman–Crippen LogP) is 0.816. The summed E-state index contributed by atoms with van der Waals surface area (Å²) >= 11 is 0. The van der Waals surface area contributed by atoms with E-state index in [1.807, 2.05) is 11.8 Å². The van der Waals surface area contributed by atoms with Gasteiger partial charge in [-0.05, 0) is 25.1 Å². The van der Waals surface area contributed by atoms with Gasteiger partial charge < -0.3 is 19.5 Å². The number of rotatable bonds is 1. The number of nitrogens with zero attached hydrogens (tertiary/aromatic N) is 3. The van der Waals surface area contributed by atoms with Gasteiger partial charge in [0.15, 0.2) is 5.84 Å². The molecule has 118 valence electrons. The van der Waals surface area contributed by atoms with Crippen molar-refractivity contribution in [2.45, 2.75) is 19.0 Å². The average molecular weight is 311 g/mol. The molecule has 7 nitrogen and oxygen atoms in total. The van der Waals surface area contributed by atoms with E-state index in [4.69, 9.17) is 4.74 Å². The van der Waals surface area contributed by atoms with Crippen molar-refractivity contribution >= 4 is 28.3 Å². The van der Waals surface area contributed by atoms with E-state index in [-0.39, 0.29) is 11.9 Å². The molecule has 2 aromatic rings. The van der Waals surface area contributed by atoms with Gasteiger partial charge in [0.05, 0.1) is 17.2 Å². The van der Waals surface area contributed by atoms with Gasteiger partial charge in [0.2, 0.25) is 0 Å². The Hall–Kier alpha value is -2.54. The SMILES string of the molecule is CC1C(=O)NN=C2COc3cc4ccn(C5CNC5)c4cc3N21. The maximum Gasteiger partial charge on any atom is 0.262 e. The highest BCUT2D eigenvalue weighted by Crippen LogP contribution is 2.39. The molecule has 5 rings (SSSR count). The monoisotopic (exact) mass is 311 g/mol. The first-order valence-electron chi connectivity index (χ1n) is 7.86. The fourth-order valence-electron chi connectivity index (χ4n) is 3.46. The third-order valence-corrected chi connectivity index (χ3v) is 4.91. The molecule has 2 N–H and O–H groups in total. The lowest BCUT2D eigenvalue weighted by atomic mass is 10.1. The number of carbonyl (C=O) groups excluding carboxylic acids is 1. The summed E-state index contributed by atoms with van der Waals surface area (Å²) in [4.78, 5) is 14.0. The van der Waals surface area contributed by atoms with Crippen LogP contribution in [0.4, 0.5) is 5.69 Å². The minimum Gasteiger partial charge on any atom is -0.483 e. The van der Waals surface area contributed by atoms with Crippen LogP contribution in [0.25, 0.3) is 10.9 Å². The molecular formula is C16H17N5O2. The fraction of sp³-hybridized carbons (Fsp3) is 0.375. The largest absolute Gasteiger partial charge is 0.483 e. The molecule has 0 aliphatic carbocycles. The van der Waals surface area contributed by atoms with Crippen molar-refractivity contribution in [3.05, 3.63) is 24.4 Å². The molecule has 1 saturated heterocycles. The molecule has 1 unspecified atom stereocenters. The van der Waals surface area contributed by atoms with Crippen molar-refractivity contribution in [1.29, 1.82) is 0 Å². The summed E-state index contributed by atoms with van der Waals surface area (Å²) in [5, 5.41) is 8.60. The third-order valence-electron chi connectivity index (χ3n) is 4.91. The van der Waals surface area contributed by atoms with Gasteiger partial charge in [-0.25, -0.2) is 5.43 Å². The van der Waals surface area contributed by atoms with Gasteiger partial charge in [-0.15, -0.1) is 0 Å². The zero-order valence-corrected chi connectivity index (χ0v) is 12.7. The van der Waals surface area contributed by atoms with Gasteiger partial charge in [0.1, 0.15) is 18.4 Å². The van der Waals surface area contributed by atoms with Gasteiger partial charge >= 0.3 is 0 Å². The number of carbonyl (C=O) groups is 1. The first kappa shape index (κ1) is 13.0. The molecule has 0 saturated carbocycles. The highest BCUT2D eigenvalue weighted by molar-refractivity contribution is 6.10. The van der Waals surface area contributed by atoms with Crippen LogP contribution in [0.3, 0.4) is 0 Å². The normalized spacial score (nSPS) is 23.5. The lowest BCUT2D eigenvalue weighted by Crippen LogP contribution is -2.55. The Morgan fingerprint density at radius 2 is 2.22 bits per heavy atom. The van der Waals surface area contributed by atoms with Crippen LogP contribution in [0.15, 0.2) is 29.5 Å². The van der Waals surface area contributed by atoms with Crippen molar-refractivity contribution in [3.8, 4) is 5.75 Å². The Kier molecular flexibility index (Phi) is 2.52. The second-order valence-corrected chi connectivity index (χ2v) is 6.25. The lowest BCUT2D eigenvalue weighted by molar-refractivity contribution is -0.122. The summed E-state index contributed by atoms with van der Waals surface area (Å²) in [6.45, 7) is 4.24. The molecule has 1 aromatic heterocycles. The summed E-state index contributed by atoms with van der Waals surface area (Å²) in [6, 6.07) is 6.49. The molecule has 0 radical (unpaired) electrons. The van der Waals surface area contributed by atoms with Crippen LogP contribution in [-0.4, -0.2) is 42.0 Å². The van der Waals surface area contributed by atoms with Crippen LogP contribution in [0.1, 0.15) is 13.0 Å². The number of benzene rings is 1. The second-order valence-electron chi connectivity index (χ2n) is 6.25. The van der Waals surface area contributed by atoms with E-state index in [9.17, 15) is 4.79 Å². The molecule has 3 aliphatic heterocycles. The summed E-state index contributed by atoms with van der Waals surface area (Å²) in [5.41, 5.74) is 4.63. The quantitative estimate of drug-likeness (QED) is 0.818. The van der Waals surface area contributed by atoms with Gasteiger partial charge in [0, 0.05) is 24.7 Å². The number of hydrogen-bond donors (Lipinski definition) is 2. The summed E-state index contributed by atoms with van der Waals surface area (Å²) in [7, 11) is 0. The highest BCUT2D eigenvalue weighted by Gasteiger charge is 2.35. The number of hydrogen-bond acceptors (Lipinski definition) is 5. The summed E-state index contributed by atoms with van der Waals surface area (Å²) in [6.07, 6.45) is 2.13. The first-order chi connectivity index (χ1) is 11.2. The molecule has 7 heteroatoms. The van der Waals surface area contributed by atoms with Gasteiger partial charge in [0.25, 0.3) is 5.91 Å². The van der Waals surface area contributed by atoms with E-state index in [0.717, 1.165) is 35.7 Å². The number of nitrogens with one attached hydrogen (secondary N) is 2. The number of ether oxygens (including phenoxy) is 1. The number of amidine groups is 1. The number of amides is 1. The molecule has 0 spiro atoms. The molecule has 1 atom stereocenters. The Morgan fingerprint density at radius 3 is 3.00 bits per heavy atom. The van der Waals surface area contributed by atoms with Crippen LogP contribution in [0.5, 0.6) is 5.75 Å². The van der Waals surface area contributed by atoms with E-state index >= 15 is 0 Å². The van der Waals surface area contributed by atoms with Crippen LogP contribution < -0.4 is 20.4 Å². The Labute approximate surface area is 132 Å². The number of anilines is 1. The van der Waals surface area contributed by atoms with E-state index in [2.05, 4.69) is 44.8 Å². The van der Waals surface area contributed by atoms with Gasteiger partial charge in [-0.3, -0.25) is 4.79 Å². The molecule has 3 aliphatic rings. The highest BCUT2D eigenvalue weighted by atomic mass is 16.5. The van der Waals surface area contributed by atoms with Crippen molar-refractivity contribution < 1.29 is 9.53 Å². The third kappa shape index (κ3) is 1.74. The Morgan fingerprint density at radius 1 is 1.35 bits per heavy atom. The molecule has 0 bridgehead atoms. The minimum absolute atomic E-state index is 0.0970. The number of hydrazone groups is 1. The van der Waals surface area contributed by atoms with Crippen molar-refractivity contribution in [2.24, 2.45) is 5.10 Å². The molecule has 23 heavy (non-hydrogen) atoms. The first-order valence-corrected chi connectivity index (χ1v) is 7.86. The van der Waals surface area contributed by atoms with E-state index in [0.29, 0.717) is 12.6 Å². The molecular weight excluding hydrogens is 294 g/mol. The number of aromatic nitrogens is 1. The number of fused-ring (bicyclic) bond motifs is 4. The molecule has 4 heterocycles. The minimum atomic E-state index is -0.295. The van der Waals surface area contributed by atoms with E-state index in [1.165, 1.54) is 5.52 Å². The van der Waals surface area contributed by atoms with Crippen molar-refractivity contribution in [2.75, 3.05) is 24.6 Å². The van der Waals surface area contributed by atoms with Gasteiger partial charge in [-0.1, -0.05) is 0 Å². The maximum absolute atomic E-state index is 12.0. The predicted molar refractivity (Wildman–Crippen MR) is 86.9 cm³/mol.